The molecular weight excluding hydrogens is 518 g/mol. The molecule has 0 aliphatic heterocycles. The molecule has 0 heterocycles. The van der Waals surface area contributed by atoms with E-state index in [4.69, 9.17) is 0 Å². The van der Waals surface area contributed by atoms with Crippen molar-refractivity contribution in [3.8, 4) is 0 Å². The maximum Gasteiger partial charge on any atom is -1.00 e. The van der Waals surface area contributed by atoms with Crippen molar-refractivity contribution in [3.05, 3.63) is 0 Å². The van der Waals surface area contributed by atoms with E-state index in [-0.39, 0.29) is 48.4 Å². The van der Waals surface area contributed by atoms with Gasteiger partial charge in [-0.2, -0.15) is 0 Å². The molecule has 24 heavy (non-hydrogen) atoms. The zero-order chi connectivity index (χ0) is 17.4. The zero-order valence-electron chi connectivity index (χ0n) is 14.2. The molecule has 0 rings (SSSR count). The van der Waals surface area contributed by atoms with E-state index in [1.54, 1.807) is 27.7 Å². The van der Waals surface area contributed by atoms with Crippen LogP contribution < -0.4 is 37.9 Å². The van der Waals surface area contributed by atoms with Crippen LogP contribution in [0.3, 0.4) is 0 Å². The molecule has 0 radical (unpaired) electrons. The molecule has 8 nitrogen and oxygen atoms in total. The second-order valence-electron chi connectivity index (χ2n) is 3.86. The first kappa shape index (κ1) is 31.9. The van der Waals surface area contributed by atoms with Crippen molar-refractivity contribution < 1.29 is 91.6 Å². The number of hydrogen-bond acceptors (Lipinski definition) is 4. The van der Waals surface area contributed by atoms with Crippen molar-refractivity contribution in [2.75, 3.05) is 0 Å². The van der Waals surface area contributed by atoms with E-state index in [2.05, 4.69) is 13.0 Å². The van der Waals surface area contributed by atoms with Crippen LogP contribution in [0.5, 0.6) is 0 Å². The van der Waals surface area contributed by atoms with Crippen molar-refractivity contribution in [3.63, 3.8) is 0 Å². The molecule has 0 saturated heterocycles. The van der Waals surface area contributed by atoms with Crippen molar-refractivity contribution in [2.45, 2.75) is 53.4 Å². The SMILES string of the molecule is CCC(=O)[NH][Zr+][NH]C(=O)CC.CCC(=O)[NH][Zr+][NH]C(=O)CC.[Cl-].[Cl-]. The van der Waals surface area contributed by atoms with Crippen LogP contribution in [0.15, 0.2) is 0 Å². The number of halogens is 2. The standard InChI is InChI=1S/4C3H7NO.2ClH.2Zr/c4*1-2-3(4)5;;;;/h4*2H2,1H3,(H2,4,5);2*1H;;/q;;;;;;2*+3/p-6. The van der Waals surface area contributed by atoms with Gasteiger partial charge >= 0.3 is 157 Å². The van der Waals surface area contributed by atoms with Gasteiger partial charge in [0.1, 0.15) is 0 Å². The van der Waals surface area contributed by atoms with Gasteiger partial charge in [-0.1, -0.05) is 0 Å². The molecule has 0 aromatic rings. The van der Waals surface area contributed by atoms with Crippen LogP contribution in [0, 0.1) is 0 Å². The first-order chi connectivity index (χ1) is 10.4. The predicted molar refractivity (Wildman–Crippen MR) is 73.7 cm³/mol. The number of nitrogens with one attached hydrogen (secondary N) is 4. The molecule has 0 spiro atoms. The van der Waals surface area contributed by atoms with Crippen molar-refractivity contribution in [1.29, 1.82) is 0 Å². The molecule has 0 atom stereocenters. The van der Waals surface area contributed by atoms with Crippen LogP contribution in [0.1, 0.15) is 53.4 Å². The molecule has 12 heteroatoms. The quantitative estimate of drug-likeness (QED) is 0.245. The maximum atomic E-state index is 10.7. The number of amides is 4. The van der Waals surface area contributed by atoms with E-state index in [9.17, 15) is 19.2 Å². The van der Waals surface area contributed by atoms with Gasteiger partial charge < -0.3 is 24.8 Å². The van der Waals surface area contributed by atoms with E-state index in [1.165, 1.54) is 0 Å². The minimum atomic E-state index is -1.16. The van der Waals surface area contributed by atoms with Crippen LogP contribution in [-0.2, 0) is 66.8 Å². The van der Waals surface area contributed by atoms with E-state index >= 15 is 0 Å². The van der Waals surface area contributed by atoms with Gasteiger partial charge in [0.15, 0.2) is 0 Å². The topological polar surface area (TPSA) is 116 Å². The molecule has 4 amide bonds. The zero-order valence-corrected chi connectivity index (χ0v) is 20.6. The Kier molecular flexibility index (Phi) is 30.9. The van der Waals surface area contributed by atoms with Crippen molar-refractivity contribution in [2.24, 2.45) is 0 Å². The molecule has 0 saturated carbocycles. The summed E-state index contributed by atoms with van der Waals surface area (Å²) in [4.78, 5) is 42.6. The summed E-state index contributed by atoms with van der Waals surface area (Å²) >= 11 is -2.32. The van der Waals surface area contributed by atoms with Gasteiger partial charge in [0.05, 0.1) is 0 Å². The van der Waals surface area contributed by atoms with Crippen LogP contribution in [0.25, 0.3) is 0 Å². The predicted octanol–water partition coefficient (Wildman–Crippen LogP) is -6.09. The van der Waals surface area contributed by atoms with Crippen LogP contribution in [0.2, 0.25) is 0 Å². The first-order valence-corrected chi connectivity index (χ1v) is 12.0. The van der Waals surface area contributed by atoms with Crippen LogP contribution >= 0.6 is 0 Å². The van der Waals surface area contributed by atoms with E-state index in [1.807, 2.05) is 0 Å². The van der Waals surface area contributed by atoms with Gasteiger partial charge in [-0.25, -0.2) is 0 Å². The third kappa shape index (κ3) is 24.5. The largest absolute Gasteiger partial charge is 1.00 e. The van der Waals surface area contributed by atoms with Gasteiger partial charge in [0, 0.05) is 0 Å². The minimum absolute atomic E-state index is 0. The summed E-state index contributed by atoms with van der Waals surface area (Å²) in [5.41, 5.74) is 0. The first-order valence-electron chi connectivity index (χ1n) is 7.06. The van der Waals surface area contributed by atoms with E-state index in [0.29, 0.717) is 25.7 Å². The fraction of sp³-hybridized carbons (Fsp3) is 0.667. The Bertz CT molecular complexity index is 311. The number of carbonyl (C=O) groups excluding carboxylic acids is 4. The van der Waals surface area contributed by atoms with Gasteiger partial charge in [0.25, 0.3) is 0 Å². The Balaban J connectivity index is -0.000000154. The van der Waals surface area contributed by atoms with E-state index in [0.717, 1.165) is 0 Å². The van der Waals surface area contributed by atoms with Crippen molar-refractivity contribution in [1.82, 2.24) is 13.0 Å². The Morgan fingerprint density at radius 1 is 0.542 bits per heavy atom. The Hall–Kier alpha value is 0.226. The molecule has 0 aliphatic carbocycles. The van der Waals surface area contributed by atoms with Gasteiger partial charge in [-0.05, 0) is 0 Å². The van der Waals surface area contributed by atoms with Gasteiger partial charge in [-0.3, -0.25) is 0 Å². The second kappa shape index (κ2) is 23.2. The Morgan fingerprint density at radius 2 is 0.708 bits per heavy atom. The third-order valence-electron chi connectivity index (χ3n) is 2.09. The smallest absolute Gasteiger partial charge is 1.00 e. The molecule has 0 aromatic heterocycles. The monoisotopic (exact) mass is 538 g/mol. The van der Waals surface area contributed by atoms with Crippen molar-refractivity contribution >= 4 is 23.6 Å². The third-order valence-corrected chi connectivity index (χ3v) is 6.06. The molecule has 0 fully saturated rings. The summed E-state index contributed by atoms with van der Waals surface area (Å²) in [7, 11) is 0. The Labute approximate surface area is 180 Å². The normalized spacial score (nSPS) is 7.50. The molecule has 138 valence electrons. The van der Waals surface area contributed by atoms with Gasteiger partial charge in [0.2, 0.25) is 0 Å². The molecule has 0 aliphatic rings. The maximum absolute atomic E-state index is 10.7. The summed E-state index contributed by atoms with van der Waals surface area (Å²) < 4.78 is 10.8. The molecule has 0 aromatic carbocycles. The number of hydrogen-bond donors (Lipinski definition) is 4. The molecule has 0 bridgehead atoms. The minimum Gasteiger partial charge on any atom is -1.00 e. The van der Waals surface area contributed by atoms with E-state index < -0.39 is 47.6 Å². The van der Waals surface area contributed by atoms with Gasteiger partial charge in [-0.15, -0.1) is 0 Å². The average molecular weight is 542 g/mol. The fourth-order valence-electron chi connectivity index (χ4n) is 0.695. The second-order valence-corrected chi connectivity index (χ2v) is 7.54. The summed E-state index contributed by atoms with van der Waals surface area (Å²) in [5, 5.41) is 0. The summed E-state index contributed by atoms with van der Waals surface area (Å²) in [5.74, 6) is 0.0852. The number of rotatable bonds is 8. The van der Waals surface area contributed by atoms with Crippen LogP contribution in [0.4, 0.5) is 0 Å². The summed E-state index contributed by atoms with van der Waals surface area (Å²) in [6.45, 7) is 7.15. The van der Waals surface area contributed by atoms with Crippen LogP contribution in [-0.4, -0.2) is 23.6 Å². The summed E-state index contributed by atoms with van der Waals surface area (Å²) in [6, 6.07) is 0. The molecular formula is C12H24Cl2N4O4Zr2. The Morgan fingerprint density at radius 3 is 0.833 bits per heavy atom. The summed E-state index contributed by atoms with van der Waals surface area (Å²) in [6.07, 6.45) is 1.96. The average Bonchev–Trinajstić information content (AvgIpc) is 2.54. The molecule has 4 N–H and O–H groups in total. The number of carbonyl (C=O) groups is 4. The fourth-order valence-corrected chi connectivity index (χ4v) is 4.11. The molecule has 0 unspecified atom stereocenters.